The highest BCUT2D eigenvalue weighted by atomic mass is 16.6. The van der Waals surface area contributed by atoms with Crippen LogP contribution in [0, 0.1) is 34.5 Å². The van der Waals surface area contributed by atoms with Gasteiger partial charge >= 0.3 is 6.09 Å². The SMILES string of the molecule is C[C@@H]1CN(C(=O)OC(C)(C)C)C[C@H]1CC(C)(C)CC1CC(CC(C)(C)C)C1. The van der Waals surface area contributed by atoms with Crippen LogP contribution in [0.3, 0.4) is 0 Å². The molecule has 1 heterocycles. The molecule has 0 aromatic carbocycles. The maximum atomic E-state index is 12.4. The molecule has 0 unspecified atom stereocenters. The number of hydrogen-bond acceptors (Lipinski definition) is 2. The second kappa shape index (κ2) is 7.95. The highest BCUT2D eigenvalue weighted by Crippen LogP contribution is 2.48. The fourth-order valence-corrected chi connectivity index (χ4v) is 5.42. The molecule has 0 aromatic rings. The molecule has 27 heavy (non-hydrogen) atoms. The Kier molecular flexibility index (Phi) is 6.64. The van der Waals surface area contributed by atoms with Gasteiger partial charge in [-0.25, -0.2) is 4.79 Å². The summed E-state index contributed by atoms with van der Waals surface area (Å²) in [6.45, 7) is 21.8. The van der Waals surface area contributed by atoms with Crippen LogP contribution in [0.2, 0.25) is 0 Å². The normalized spacial score (nSPS) is 29.6. The Morgan fingerprint density at radius 1 is 0.889 bits per heavy atom. The fraction of sp³-hybridized carbons (Fsp3) is 0.958. The number of carbonyl (C=O) groups is 1. The highest BCUT2D eigenvalue weighted by Gasteiger charge is 2.40. The van der Waals surface area contributed by atoms with Crippen molar-refractivity contribution in [1.29, 1.82) is 0 Å². The molecule has 0 N–H and O–H groups in total. The first-order valence-corrected chi connectivity index (χ1v) is 11.1. The summed E-state index contributed by atoms with van der Waals surface area (Å²) in [5, 5.41) is 0. The van der Waals surface area contributed by atoms with E-state index >= 15 is 0 Å². The van der Waals surface area contributed by atoms with Crippen molar-refractivity contribution in [2.45, 2.75) is 100 Å². The molecule has 1 saturated carbocycles. The number of amides is 1. The van der Waals surface area contributed by atoms with Crippen LogP contribution < -0.4 is 0 Å². The number of carbonyl (C=O) groups excluding carboxylic acids is 1. The molecule has 158 valence electrons. The predicted octanol–water partition coefficient (Wildman–Crippen LogP) is 6.76. The molecular formula is C24H45NO2. The highest BCUT2D eigenvalue weighted by molar-refractivity contribution is 5.68. The number of ether oxygens (including phenoxy) is 1. The van der Waals surface area contributed by atoms with Crippen molar-refractivity contribution >= 4 is 6.09 Å². The Balaban J connectivity index is 1.79. The monoisotopic (exact) mass is 379 g/mol. The number of nitrogens with zero attached hydrogens (tertiary/aromatic N) is 1. The third kappa shape index (κ3) is 7.31. The van der Waals surface area contributed by atoms with Gasteiger partial charge in [-0.3, -0.25) is 0 Å². The third-order valence-corrected chi connectivity index (χ3v) is 6.31. The molecule has 1 aliphatic heterocycles. The molecule has 2 fully saturated rings. The summed E-state index contributed by atoms with van der Waals surface area (Å²) in [6.07, 6.45) is 6.63. The Bertz CT molecular complexity index is 505. The molecule has 0 aromatic heterocycles. The van der Waals surface area contributed by atoms with Gasteiger partial charge in [-0.1, -0.05) is 41.5 Å². The van der Waals surface area contributed by atoms with Crippen molar-refractivity contribution in [1.82, 2.24) is 4.90 Å². The molecule has 0 radical (unpaired) electrons. The van der Waals surface area contributed by atoms with Crippen LogP contribution in [0.5, 0.6) is 0 Å². The Morgan fingerprint density at radius 3 is 1.96 bits per heavy atom. The van der Waals surface area contributed by atoms with Gasteiger partial charge in [0.2, 0.25) is 0 Å². The van der Waals surface area contributed by atoms with Gasteiger partial charge in [0.05, 0.1) is 0 Å². The van der Waals surface area contributed by atoms with Crippen molar-refractivity contribution in [3.8, 4) is 0 Å². The first-order chi connectivity index (χ1) is 12.1. The minimum absolute atomic E-state index is 0.140. The summed E-state index contributed by atoms with van der Waals surface area (Å²) >= 11 is 0. The third-order valence-electron chi connectivity index (χ3n) is 6.31. The average Bonchev–Trinajstić information content (AvgIpc) is 2.73. The molecule has 0 spiro atoms. The minimum atomic E-state index is -0.411. The lowest BCUT2D eigenvalue weighted by atomic mass is 9.62. The van der Waals surface area contributed by atoms with Gasteiger partial charge in [-0.05, 0) is 87.4 Å². The van der Waals surface area contributed by atoms with Gasteiger partial charge < -0.3 is 9.64 Å². The second-order valence-electron chi connectivity index (χ2n) is 12.7. The van der Waals surface area contributed by atoms with Gasteiger partial charge in [-0.2, -0.15) is 0 Å². The summed E-state index contributed by atoms with van der Waals surface area (Å²) in [6, 6.07) is 0. The Hall–Kier alpha value is -0.730. The van der Waals surface area contributed by atoms with Crippen molar-refractivity contribution in [3.05, 3.63) is 0 Å². The van der Waals surface area contributed by atoms with Gasteiger partial charge in [0.15, 0.2) is 0 Å². The van der Waals surface area contributed by atoms with Crippen LogP contribution in [-0.4, -0.2) is 29.7 Å². The van der Waals surface area contributed by atoms with E-state index in [1.54, 1.807) is 0 Å². The fourth-order valence-electron chi connectivity index (χ4n) is 5.42. The second-order valence-corrected chi connectivity index (χ2v) is 12.7. The average molecular weight is 380 g/mol. The van der Waals surface area contributed by atoms with Crippen molar-refractivity contribution < 1.29 is 9.53 Å². The molecule has 1 aliphatic carbocycles. The molecule has 3 heteroatoms. The van der Waals surface area contributed by atoms with E-state index in [0.717, 1.165) is 24.9 Å². The molecular weight excluding hydrogens is 334 g/mol. The molecule has 2 aliphatic rings. The van der Waals surface area contributed by atoms with Gasteiger partial charge in [0.25, 0.3) is 0 Å². The standard InChI is InChI=1S/C24H45NO2/c1-17-15-25(21(26)27-23(5,6)7)16-20(17)14-24(8,9)13-19-10-18(11-19)12-22(2,3)4/h17-20H,10-16H2,1-9H3/t17-,18?,19?,20-/m1/s1. The zero-order valence-electron chi connectivity index (χ0n) is 19.5. The topological polar surface area (TPSA) is 29.5 Å². The quantitative estimate of drug-likeness (QED) is 0.528. The lowest BCUT2D eigenvalue weighted by Gasteiger charge is -2.43. The summed E-state index contributed by atoms with van der Waals surface area (Å²) in [5.74, 6) is 3.01. The summed E-state index contributed by atoms with van der Waals surface area (Å²) in [7, 11) is 0. The molecule has 1 amide bonds. The van der Waals surface area contributed by atoms with E-state index in [2.05, 4.69) is 41.5 Å². The Morgan fingerprint density at radius 2 is 1.44 bits per heavy atom. The van der Waals surface area contributed by atoms with E-state index in [1.807, 2.05) is 25.7 Å². The number of hydrogen-bond donors (Lipinski definition) is 0. The zero-order valence-corrected chi connectivity index (χ0v) is 19.5. The van der Waals surface area contributed by atoms with Crippen LogP contribution in [-0.2, 0) is 4.74 Å². The van der Waals surface area contributed by atoms with Crippen LogP contribution in [0.1, 0.15) is 94.4 Å². The smallest absolute Gasteiger partial charge is 0.410 e. The van der Waals surface area contributed by atoms with Crippen LogP contribution in [0.15, 0.2) is 0 Å². The van der Waals surface area contributed by atoms with Gasteiger partial charge in [0.1, 0.15) is 5.60 Å². The van der Waals surface area contributed by atoms with Gasteiger partial charge in [-0.15, -0.1) is 0 Å². The molecule has 2 atom stereocenters. The lowest BCUT2D eigenvalue weighted by Crippen LogP contribution is -2.36. The first-order valence-electron chi connectivity index (χ1n) is 11.1. The summed E-state index contributed by atoms with van der Waals surface area (Å²) < 4.78 is 5.58. The maximum Gasteiger partial charge on any atom is 0.410 e. The van der Waals surface area contributed by atoms with E-state index in [-0.39, 0.29) is 6.09 Å². The van der Waals surface area contributed by atoms with Crippen LogP contribution in [0.4, 0.5) is 4.79 Å². The van der Waals surface area contributed by atoms with E-state index in [1.165, 1.54) is 32.1 Å². The van der Waals surface area contributed by atoms with Crippen LogP contribution in [0.25, 0.3) is 0 Å². The van der Waals surface area contributed by atoms with Crippen LogP contribution >= 0.6 is 0 Å². The zero-order chi connectivity index (χ0) is 20.6. The number of rotatable bonds is 5. The molecule has 1 saturated heterocycles. The first kappa shape index (κ1) is 22.6. The van der Waals surface area contributed by atoms with E-state index < -0.39 is 5.60 Å². The summed E-state index contributed by atoms with van der Waals surface area (Å²) in [4.78, 5) is 14.3. The van der Waals surface area contributed by atoms with E-state index in [0.29, 0.717) is 22.7 Å². The van der Waals surface area contributed by atoms with Crippen molar-refractivity contribution in [2.75, 3.05) is 13.1 Å². The molecule has 0 bridgehead atoms. The summed E-state index contributed by atoms with van der Waals surface area (Å²) in [5.41, 5.74) is 0.418. The lowest BCUT2D eigenvalue weighted by molar-refractivity contribution is 0.0278. The van der Waals surface area contributed by atoms with Crippen molar-refractivity contribution in [2.24, 2.45) is 34.5 Å². The predicted molar refractivity (Wildman–Crippen MR) is 114 cm³/mol. The van der Waals surface area contributed by atoms with Crippen molar-refractivity contribution in [3.63, 3.8) is 0 Å². The maximum absolute atomic E-state index is 12.4. The van der Waals surface area contributed by atoms with E-state index in [9.17, 15) is 4.79 Å². The van der Waals surface area contributed by atoms with Gasteiger partial charge in [0, 0.05) is 13.1 Å². The minimum Gasteiger partial charge on any atom is -0.444 e. The molecule has 2 rings (SSSR count). The number of likely N-dealkylation sites (tertiary alicyclic amines) is 1. The largest absolute Gasteiger partial charge is 0.444 e. The molecule has 3 nitrogen and oxygen atoms in total. The van der Waals surface area contributed by atoms with E-state index in [4.69, 9.17) is 4.74 Å². The Labute approximate surface area is 168 Å².